The van der Waals surface area contributed by atoms with Crippen molar-refractivity contribution in [2.45, 2.75) is 24.6 Å². The number of halogens is 4. The molecule has 6 heteroatoms. The van der Waals surface area contributed by atoms with Gasteiger partial charge >= 0.3 is 12.1 Å². The summed E-state index contributed by atoms with van der Waals surface area (Å²) in [5, 5.41) is 1.98. The Morgan fingerprint density at radius 3 is 2.35 bits per heavy atom. The van der Waals surface area contributed by atoms with Crippen LogP contribution >= 0.6 is 12.4 Å². The molecule has 0 radical (unpaired) electrons. The Morgan fingerprint density at radius 2 is 1.82 bits per heavy atom. The van der Waals surface area contributed by atoms with Crippen molar-refractivity contribution in [2.75, 3.05) is 0 Å². The zero-order valence-electron chi connectivity index (χ0n) is 8.70. The van der Waals surface area contributed by atoms with Gasteiger partial charge in [-0.3, -0.25) is 4.79 Å². The number of carbonyl (C=O) groups is 1. The number of carbonyl (C=O) groups excluding carboxylic acids is 1. The highest BCUT2D eigenvalue weighted by molar-refractivity contribution is 5.85. The van der Waals surface area contributed by atoms with Crippen LogP contribution in [0.1, 0.15) is 17.9 Å². The van der Waals surface area contributed by atoms with Crippen LogP contribution in [-0.4, -0.2) is 18.1 Å². The van der Waals surface area contributed by atoms with Crippen LogP contribution in [-0.2, 0) is 4.79 Å². The summed E-state index contributed by atoms with van der Waals surface area (Å²) in [6, 6.07) is 8.83. The smallest absolute Gasteiger partial charge is 0.345 e. The lowest BCUT2D eigenvalue weighted by Gasteiger charge is -2.07. The highest BCUT2D eigenvalue weighted by Gasteiger charge is 2.46. The van der Waals surface area contributed by atoms with E-state index >= 15 is 0 Å². The van der Waals surface area contributed by atoms with Gasteiger partial charge in [0.25, 0.3) is 0 Å². The van der Waals surface area contributed by atoms with E-state index in [1.165, 1.54) is 0 Å². The van der Waals surface area contributed by atoms with Crippen molar-refractivity contribution in [1.82, 2.24) is 5.32 Å². The second-order valence-corrected chi connectivity index (χ2v) is 3.83. The summed E-state index contributed by atoms with van der Waals surface area (Å²) in [7, 11) is 0. The molecule has 94 valence electrons. The van der Waals surface area contributed by atoms with Crippen LogP contribution in [0.3, 0.4) is 0 Å². The first-order valence-electron chi connectivity index (χ1n) is 4.91. The predicted molar refractivity (Wildman–Crippen MR) is 59.0 cm³/mol. The topological polar surface area (TPSA) is 29.1 Å². The highest BCUT2D eigenvalue weighted by atomic mass is 35.5. The number of hydrogen-bond donors (Lipinski definition) is 1. The van der Waals surface area contributed by atoms with Gasteiger partial charge in [-0.05, 0) is 12.0 Å². The number of rotatable bonds is 2. The minimum absolute atomic E-state index is 0. The van der Waals surface area contributed by atoms with E-state index in [0.717, 1.165) is 5.56 Å². The number of nitrogens with one attached hydrogen (secondary N) is 1. The van der Waals surface area contributed by atoms with Gasteiger partial charge in [-0.1, -0.05) is 30.3 Å². The Bertz CT molecular complexity index is 393. The fraction of sp³-hybridized carbons (Fsp3) is 0.364. The molecule has 17 heavy (non-hydrogen) atoms. The van der Waals surface area contributed by atoms with Crippen LogP contribution in [0.15, 0.2) is 30.3 Å². The van der Waals surface area contributed by atoms with Crippen LogP contribution in [0.4, 0.5) is 13.2 Å². The molecule has 0 aliphatic heterocycles. The molecule has 1 amide bonds. The summed E-state index contributed by atoms with van der Waals surface area (Å²) in [5.74, 6) is -1.83. The van der Waals surface area contributed by atoms with Gasteiger partial charge in [-0.15, -0.1) is 12.4 Å². The van der Waals surface area contributed by atoms with Crippen LogP contribution in [0.5, 0.6) is 0 Å². The zero-order valence-corrected chi connectivity index (χ0v) is 9.52. The lowest BCUT2D eigenvalue weighted by molar-refractivity contribution is -0.173. The average molecular weight is 266 g/mol. The lowest BCUT2D eigenvalue weighted by atomic mass is 10.1. The van der Waals surface area contributed by atoms with Gasteiger partial charge in [0.15, 0.2) is 0 Å². The van der Waals surface area contributed by atoms with E-state index in [-0.39, 0.29) is 24.4 Å². The third kappa shape index (κ3) is 3.36. The van der Waals surface area contributed by atoms with Gasteiger partial charge in [0.2, 0.25) is 0 Å². The molecule has 0 unspecified atom stereocenters. The van der Waals surface area contributed by atoms with E-state index in [1.807, 2.05) is 35.6 Å². The molecule has 1 aliphatic rings. The molecule has 2 atom stereocenters. The Balaban J connectivity index is 0.00000144. The molecule has 1 aromatic carbocycles. The monoisotopic (exact) mass is 265 g/mol. The van der Waals surface area contributed by atoms with E-state index in [4.69, 9.17) is 0 Å². The first-order chi connectivity index (χ1) is 7.48. The van der Waals surface area contributed by atoms with E-state index in [1.54, 1.807) is 0 Å². The largest absolute Gasteiger partial charge is 0.471 e. The van der Waals surface area contributed by atoms with Gasteiger partial charge in [0.1, 0.15) is 0 Å². The van der Waals surface area contributed by atoms with Gasteiger partial charge in [-0.25, -0.2) is 0 Å². The van der Waals surface area contributed by atoms with Gasteiger partial charge in [-0.2, -0.15) is 13.2 Å². The SMILES string of the molecule is Cl.O=C(N[C@@H]1C[C@H]1c1ccccc1)C(F)(F)F. The van der Waals surface area contributed by atoms with E-state index < -0.39 is 12.1 Å². The van der Waals surface area contributed by atoms with Gasteiger partial charge in [0.05, 0.1) is 0 Å². The Kier molecular flexibility index (Phi) is 4.03. The number of benzene rings is 1. The molecule has 0 aromatic heterocycles. The molecular formula is C11H11ClF3NO. The molecular weight excluding hydrogens is 255 g/mol. The molecule has 1 aliphatic carbocycles. The molecule has 1 fully saturated rings. The molecule has 1 aromatic rings. The molecule has 0 saturated heterocycles. The van der Waals surface area contributed by atoms with Crippen LogP contribution in [0.2, 0.25) is 0 Å². The summed E-state index contributed by atoms with van der Waals surface area (Å²) < 4.78 is 35.9. The van der Waals surface area contributed by atoms with E-state index in [0.29, 0.717) is 6.42 Å². The number of alkyl halides is 3. The Labute approximate surface area is 103 Å². The molecule has 1 saturated carbocycles. The quantitative estimate of drug-likeness (QED) is 0.875. The summed E-state index contributed by atoms with van der Waals surface area (Å²) in [4.78, 5) is 10.7. The standard InChI is InChI=1S/C11H10F3NO.ClH/c12-11(13,14)10(16)15-9-6-8(9)7-4-2-1-3-5-7;/h1-5,8-9H,6H2,(H,15,16);1H/t8-,9+;/m0./s1. The fourth-order valence-corrected chi connectivity index (χ4v) is 1.67. The fourth-order valence-electron chi connectivity index (χ4n) is 1.67. The van der Waals surface area contributed by atoms with Crippen molar-refractivity contribution in [1.29, 1.82) is 0 Å². The molecule has 2 rings (SSSR count). The van der Waals surface area contributed by atoms with E-state index in [2.05, 4.69) is 0 Å². The van der Waals surface area contributed by atoms with Crippen LogP contribution < -0.4 is 5.32 Å². The lowest BCUT2D eigenvalue weighted by Crippen LogP contribution is -2.38. The second kappa shape index (κ2) is 4.96. The number of hydrogen-bond acceptors (Lipinski definition) is 1. The maximum Gasteiger partial charge on any atom is 0.471 e. The summed E-state index contributed by atoms with van der Waals surface area (Å²) in [6.45, 7) is 0. The molecule has 0 heterocycles. The third-order valence-corrected chi connectivity index (χ3v) is 2.59. The predicted octanol–water partition coefficient (Wildman–Crippen LogP) is 2.64. The van der Waals surface area contributed by atoms with Crippen molar-refractivity contribution < 1.29 is 18.0 Å². The van der Waals surface area contributed by atoms with Crippen molar-refractivity contribution in [3.63, 3.8) is 0 Å². The molecule has 0 bridgehead atoms. The van der Waals surface area contributed by atoms with Crippen molar-refractivity contribution >= 4 is 18.3 Å². The summed E-state index contributed by atoms with van der Waals surface area (Å²) in [6.07, 6.45) is -4.21. The first-order valence-corrected chi connectivity index (χ1v) is 4.91. The van der Waals surface area contributed by atoms with Crippen LogP contribution in [0.25, 0.3) is 0 Å². The summed E-state index contributed by atoms with van der Waals surface area (Å²) >= 11 is 0. The maximum absolute atomic E-state index is 12.0. The van der Waals surface area contributed by atoms with Gasteiger partial charge < -0.3 is 5.32 Å². The average Bonchev–Trinajstić information content (AvgIpc) is 2.97. The Hall–Kier alpha value is -1.23. The minimum Gasteiger partial charge on any atom is -0.345 e. The van der Waals surface area contributed by atoms with Crippen molar-refractivity contribution in [2.24, 2.45) is 0 Å². The van der Waals surface area contributed by atoms with Crippen molar-refractivity contribution in [3.8, 4) is 0 Å². The molecule has 1 N–H and O–H groups in total. The zero-order chi connectivity index (χ0) is 11.8. The van der Waals surface area contributed by atoms with Crippen molar-refractivity contribution in [3.05, 3.63) is 35.9 Å². The Morgan fingerprint density at radius 1 is 1.24 bits per heavy atom. The molecule has 0 spiro atoms. The molecule has 2 nitrogen and oxygen atoms in total. The van der Waals surface area contributed by atoms with E-state index in [9.17, 15) is 18.0 Å². The van der Waals surface area contributed by atoms with Gasteiger partial charge in [0, 0.05) is 12.0 Å². The minimum atomic E-state index is -4.79. The normalized spacial score (nSPS) is 22.5. The second-order valence-electron chi connectivity index (χ2n) is 3.83. The maximum atomic E-state index is 12.0. The highest BCUT2D eigenvalue weighted by Crippen LogP contribution is 2.41. The van der Waals surface area contributed by atoms with Crippen LogP contribution in [0, 0.1) is 0 Å². The third-order valence-electron chi connectivity index (χ3n) is 2.59. The first kappa shape index (κ1) is 13.8. The summed E-state index contributed by atoms with van der Waals surface area (Å²) in [5.41, 5.74) is 0.968. The number of amides is 1.